The fourth-order valence-electron chi connectivity index (χ4n) is 3.44. The van der Waals surface area contributed by atoms with E-state index in [0.717, 1.165) is 25.0 Å². The summed E-state index contributed by atoms with van der Waals surface area (Å²) < 4.78 is 38.7. The van der Waals surface area contributed by atoms with E-state index in [4.69, 9.17) is 0 Å². The van der Waals surface area contributed by atoms with Gasteiger partial charge in [-0.1, -0.05) is 31.0 Å². The lowest BCUT2D eigenvalue weighted by Crippen LogP contribution is -2.46. The summed E-state index contributed by atoms with van der Waals surface area (Å²) in [6.07, 6.45) is -3.16. The number of amides is 2. The zero-order valence-electron chi connectivity index (χ0n) is 16.9. The van der Waals surface area contributed by atoms with Crippen molar-refractivity contribution in [2.24, 2.45) is 11.3 Å². The Bertz CT molecular complexity index is 709. The van der Waals surface area contributed by atoms with Crippen LogP contribution in [0.4, 0.5) is 13.2 Å². The van der Waals surface area contributed by atoms with Gasteiger partial charge in [0.2, 0.25) is 5.91 Å². The van der Waals surface area contributed by atoms with E-state index < -0.39 is 17.5 Å². The molecular weight excluding hydrogens is 369 g/mol. The van der Waals surface area contributed by atoms with E-state index in [1.54, 1.807) is 4.90 Å². The molecule has 2 rings (SSSR count). The molecule has 1 atom stereocenters. The third-order valence-corrected chi connectivity index (χ3v) is 5.36. The number of carbonyl (C=O) groups is 2. The number of alkyl halides is 3. The highest BCUT2D eigenvalue weighted by atomic mass is 19.4. The largest absolute Gasteiger partial charge is 0.394 e. The van der Waals surface area contributed by atoms with Crippen molar-refractivity contribution in [3.63, 3.8) is 0 Å². The summed E-state index contributed by atoms with van der Waals surface area (Å²) in [6.45, 7) is 6.95. The van der Waals surface area contributed by atoms with Crippen molar-refractivity contribution < 1.29 is 22.8 Å². The summed E-state index contributed by atoms with van der Waals surface area (Å²) >= 11 is 0. The fourth-order valence-corrected chi connectivity index (χ4v) is 3.44. The van der Waals surface area contributed by atoms with Crippen LogP contribution in [0, 0.1) is 25.2 Å². The number of hydrogen-bond donors (Lipinski definition) is 1. The number of halogens is 3. The van der Waals surface area contributed by atoms with Gasteiger partial charge in [-0.3, -0.25) is 9.59 Å². The first-order chi connectivity index (χ1) is 12.9. The first-order valence-corrected chi connectivity index (χ1v) is 9.63. The second-order valence-electron chi connectivity index (χ2n) is 8.39. The molecule has 1 aromatic rings. The van der Waals surface area contributed by atoms with E-state index in [1.807, 2.05) is 32.0 Å². The molecule has 1 saturated heterocycles. The lowest BCUT2D eigenvalue weighted by atomic mass is 9.88. The average molecular weight is 398 g/mol. The molecule has 0 bridgehead atoms. The van der Waals surface area contributed by atoms with Crippen LogP contribution in [0.5, 0.6) is 0 Å². The summed E-state index contributed by atoms with van der Waals surface area (Å²) in [6, 6.07) is 5.65. The van der Waals surface area contributed by atoms with Gasteiger partial charge >= 0.3 is 6.18 Å². The van der Waals surface area contributed by atoms with Crippen LogP contribution in [0.15, 0.2) is 18.2 Å². The highest BCUT2D eigenvalue weighted by Gasteiger charge is 2.46. The molecule has 1 unspecified atom stereocenters. The third-order valence-electron chi connectivity index (χ3n) is 5.36. The zero-order chi connectivity index (χ0) is 21.1. The van der Waals surface area contributed by atoms with Crippen LogP contribution in [0.1, 0.15) is 54.6 Å². The van der Waals surface area contributed by atoms with Gasteiger partial charge in [0.25, 0.3) is 5.91 Å². The monoisotopic (exact) mass is 398 g/mol. The van der Waals surface area contributed by atoms with Crippen LogP contribution in [0.3, 0.4) is 0 Å². The van der Waals surface area contributed by atoms with Crippen molar-refractivity contribution in [2.45, 2.75) is 53.1 Å². The highest BCUT2D eigenvalue weighted by molar-refractivity contribution is 5.95. The van der Waals surface area contributed by atoms with Gasteiger partial charge in [-0.15, -0.1) is 0 Å². The Labute approximate surface area is 164 Å². The number of nitrogens with zero attached hydrogens (tertiary/aromatic N) is 1. The van der Waals surface area contributed by atoms with Crippen LogP contribution in [0.2, 0.25) is 0 Å². The first-order valence-electron chi connectivity index (χ1n) is 9.63. The van der Waals surface area contributed by atoms with Gasteiger partial charge < -0.3 is 10.2 Å². The Morgan fingerprint density at radius 3 is 2.32 bits per heavy atom. The van der Waals surface area contributed by atoms with E-state index in [-0.39, 0.29) is 24.8 Å². The van der Waals surface area contributed by atoms with E-state index in [2.05, 4.69) is 5.32 Å². The van der Waals surface area contributed by atoms with Gasteiger partial charge in [-0.25, -0.2) is 0 Å². The molecule has 0 radical (unpaired) electrons. The van der Waals surface area contributed by atoms with E-state index in [9.17, 15) is 22.8 Å². The quantitative estimate of drug-likeness (QED) is 0.806. The lowest BCUT2D eigenvalue weighted by molar-refractivity contribution is -0.213. The zero-order valence-corrected chi connectivity index (χ0v) is 16.9. The van der Waals surface area contributed by atoms with E-state index in [1.165, 1.54) is 0 Å². The molecule has 1 aromatic carbocycles. The van der Waals surface area contributed by atoms with Gasteiger partial charge in [-0.05, 0) is 45.2 Å². The molecule has 1 aliphatic rings. The van der Waals surface area contributed by atoms with Crippen molar-refractivity contribution in [1.82, 2.24) is 10.2 Å². The Hall–Kier alpha value is -2.05. The molecule has 0 spiro atoms. The number of rotatable bonds is 5. The fraction of sp³-hybridized carbons (Fsp3) is 0.619. The maximum atomic E-state index is 12.9. The number of likely N-dealkylation sites (tertiary alicyclic amines) is 1. The number of benzene rings is 1. The minimum Gasteiger partial charge on any atom is -0.356 e. The van der Waals surface area contributed by atoms with Crippen molar-refractivity contribution in [1.29, 1.82) is 0 Å². The number of carbonyl (C=O) groups excluding carboxylic acids is 2. The molecule has 7 heteroatoms. The van der Waals surface area contributed by atoms with Gasteiger partial charge in [0, 0.05) is 25.2 Å². The molecule has 4 nitrogen and oxygen atoms in total. The van der Waals surface area contributed by atoms with Crippen LogP contribution in [-0.4, -0.2) is 42.5 Å². The Kier molecular flexibility index (Phi) is 6.78. The summed E-state index contributed by atoms with van der Waals surface area (Å²) in [5.74, 6) is -0.781. The highest BCUT2D eigenvalue weighted by Crippen LogP contribution is 2.39. The second-order valence-corrected chi connectivity index (χ2v) is 8.39. The molecule has 2 amide bonds. The maximum Gasteiger partial charge on any atom is 0.394 e. The molecule has 1 aliphatic heterocycles. The molecule has 0 aliphatic carbocycles. The van der Waals surface area contributed by atoms with E-state index in [0.29, 0.717) is 31.5 Å². The molecule has 1 fully saturated rings. The minimum atomic E-state index is -4.31. The number of aryl methyl sites for hydroxylation is 2. The molecule has 156 valence electrons. The first kappa shape index (κ1) is 22.2. The summed E-state index contributed by atoms with van der Waals surface area (Å²) in [7, 11) is 0. The molecular formula is C21H29F3N2O2. The lowest BCUT2D eigenvalue weighted by Gasteiger charge is -2.33. The Morgan fingerprint density at radius 1 is 1.14 bits per heavy atom. The van der Waals surface area contributed by atoms with Gasteiger partial charge in [0.1, 0.15) is 0 Å². The number of hydrogen-bond acceptors (Lipinski definition) is 2. The second kappa shape index (κ2) is 8.53. The maximum absolute atomic E-state index is 12.9. The van der Waals surface area contributed by atoms with Gasteiger partial charge in [-0.2, -0.15) is 13.2 Å². The Morgan fingerprint density at radius 2 is 1.75 bits per heavy atom. The SMILES string of the molecule is Cc1cc(C)cc(C(=O)N2CCCC(C(=O)NCCC(C)(C)C(F)(F)F)C2)c1. The molecule has 0 saturated carbocycles. The normalized spacial score (nSPS) is 18.1. The predicted octanol–water partition coefficient (Wildman–Crippen LogP) is 4.25. The molecule has 0 aromatic heterocycles. The van der Waals surface area contributed by atoms with Gasteiger partial charge in [0.05, 0.1) is 11.3 Å². The predicted molar refractivity (Wildman–Crippen MR) is 102 cm³/mol. The van der Waals surface area contributed by atoms with Crippen molar-refractivity contribution in [3.05, 3.63) is 34.9 Å². The average Bonchev–Trinajstić information content (AvgIpc) is 2.59. The summed E-state index contributed by atoms with van der Waals surface area (Å²) in [5, 5.41) is 2.62. The number of piperidine rings is 1. The molecule has 1 heterocycles. The third kappa shape index (κ3) is 5.49. The summed E-state index contributed by atoms with van der Waals surface area (Å²) in [5.41, 5.74) is 0.757. The smallest absolute Gasteiger partial charge is 0.356 e. The molecule has 1 N–H and O–H groups in total. The summed E-state index contributed by atoms with van der Waals surface area (Å²) in [4.78, 5) is 26.9. The van der Waals surface area contributed by atoms with Gasteiger partial charge in [0.15, 0.2) is 0 Å². The van der Waals surface area contributed by atoms with E-state index >= 15 is 0 Å². The van der Waals surface area contributed by atoms with Crippen LogP contribution >= 0.6 is 0 Å². The Balaban J connectivity index is 1.93. The van der Waals surface area contributed by atoms with Crippen molar-refractivity contribution in [2.75, 3.05) is 19.6 Å². The van der Waals surface area contributed by atoms with Crippen molar-refractivity contribution in [3.8, 4) is 0 Å². The van der Waals surface area contributed by atoms with Crippen LogP contribution in [0.25, 0.3) is 0 Å². The topological polar surface area (TPSA) is 49.4 Å². The van der Waals surface area contributed by atoms with Crippen LogP contribution in [-0.2, 0) is 4.79 Å². The minimum absolute atomic E-state index is 0.0349. The number of nitrogens with one attached hydrogen (secondary N) is 1. The van der Waals surface area contributed by atoms with Crippen molar-refractivity contribution >= 4 is 11.8 Å². The molecule has 28 heavy (non-hydrogen) atoms. The standard InChI is InChI=1S/C21H29F3N2O2/c1-14-10-15(2)12-17(11-14)19(28)26-9-5-6-16(13-26)18(27)25-8-7-20(3,4)21(22,23)24/h10-12,16H,5-9,13H2,1-4H3,(H,25,27). The van der Waals surface area contributed by atoms with Crippen LogP contribution < -0.4 is 5.32 Å².